The van der Waals surface area contributed by atoms with Gasteiger partial charge in [0.25, 0.3) is 0 Å². The second-order valence-corrected chi connectivity index (χ2v) is 7.75. The third-order valence-electron chi connectivity index (χ3n) is 6.54. The molecule has 1 N–H and O–H groups in total. The fraction of sp³-hybridized carbons (Fsp3) is 0.429. The predicted octanol–water partition coefficient (Wildman–Crippen LogP) is 4.56. The average molecular weight is 291 g/mol. The highest BCUT2D eigenvalue weighted by Gasteiger charge is 2.53. The van der Waals surface area contributed by atoms with Crippen molar-refractivity contribution in [1.29, 1.82) is 0 Å². The zero-order chi connectivity index (χ0) is 15.4. The van der Waals surface area contributed by atoms with Crippen molar-refractivity contribution in [3.05, 3.63) is 59.7 Å². The first-order valence-corrected chi connectivity index (χ1v) is 8.44. The van der Waals surface area contributed by atoms with Gasteiger partial charge < -0.3 is 5.32 Å². The van der Waals surface area contributed by atoms with E-state index in [0.29, 0.717) is 11.5 Å². The van der Waals surface area contributed by atoms with Gasteiger partial charge in [0.2, 0.25) is 0 Å². The monoisotopic (exact) mass is 291 g/mol. The van der Waals surface area contributed by atoms with E-state index in [-0.39, 0.29) is 5.41 Å². The molecule has 0 radical (unpaired) electrons. The Bertz CT molecular complexity index is 701. The Balaban J connectivity index is 1.85. The fourth-order valence-electron chi connectivity index (χ4n) is 4.60. The summed E-state index contributed by atoms with van der Waals surface area (Å²) in [6, 6.07) is 18.5. The lowest BCUT2D eigenvalue weighted by Gasteiger charge is -2.57. The summed E-state index contributed by atoms with van der Waals surface area (Å²) in [4.78, 5) is 0. The minimum Gasteiger partial charge on any atom is -0.313 e. The molecule has 2 aromatic rings. The zero-order valence-corrected chi connectivity index (χ0v) is 13.8. The number of hydrogen-bond acceptors (Lipinski definition) is 1. The summed E-state index contributed by atoms with van der Waals surface area (Å²) in [6.07, 6.45) is 2.38. The van der Waals surface area contributed by atoms with E-state index in [0.717, 1.165) is 13.0 Å². The highest BCUT2D eigenvalue weighted by atomic mass is 15.0. The van der Waals surface area contributed by atoms with Gasteiger partial charge in [-0.3, -0.25) is 0 Å². The summed E-state index contributed by atoms with van der Waals surface area (Å²) >= 11 is 0. The molecule has 2 atom stereocenters. The Hall–Kier alpha value is -1.60. The molecule has 1 saturated heterocycles. The third-order valence-corrected chi connectivity index (χ3v) is 6.54. The van der Waals surface area contributed by atoms with Crippen LogP contribution in [0.3, 0.4) is 0 Å². The van der Waals surface area contributed by atoms with Gasteiger partial charge in [0, 0.05) is 11.5 Å². The van der Waals surface area contributed by atoms with Crippen LogP contribution in [0.2, 0.25) is 0 Å². The van der Waals surface area contributed by atoms with Crippen LogP contribution in [0, 0.1) is 5.41 Å². The van der Waals surface area contributed by atoms with Crippen LogP contribution in [-0.4, -0.2) is 12.6 Å². The highest BCUT2D eigenvalue weighted by molar-refractivity contribution is 5.66. The van der Waals surface area contributed by atoms with E-state index in [1.807, 2.05) is 0 Å². The van der Waals surface area contributed by atoms with Crippen LogP contribution < -0.4 is 5.32 Å². The topological polar surface area (TPSA) is 12.0 Å². The minimum atomic E-state index is 0.283. The maximum Gasteiger partial charge on any atom is 0.0167 e. The lowest BCUT2D eigenvalue weighted by atomic mass is 9.51. The van der Waals surface area contributed by atoms with E-state index in [1.54, 1.807) is 11.1 Å². The molecule has 2 aromatic carbocycles. The molecule has 1 fully saturated rings. The maximum atomic E-state index is 3.77. The molecule has 2 aliphatic rings. The molecule has 2 unspecified atom stereocenters. The van der Waals surface area contributed by atoms with Crippen molar-refractivity contribution in [2.75, 3.05) is 6.54 Å². The lowest BCUT2D eigenvalue weighted by Crippen LogP contribution is -2.62. The number of fused-ring (bicyclic) bond motifs is 4. The summed E-state index contributed by atoms with van der Waals surface area (Å²) in [6.45, 7) is 8.50. The second-order valence-electron chi connectivity index (χ2n) is 7.75. The van der Waals surface area contributed by atoms with E-state index < -0.39 is 0 Å². The molecular formula is C21H25N. The fourth-order valence-corrected chi connectivity index (χ4v) is 4.60. The molecule has 114 valence electrons. The van der Waals surface area contributed by atoms with Crippen molar-refractivity contribution >= 4 is 0 Å². The van der Waals surface area contributed by atoms with E-state index in [9.17, 15) is 0 Å². The van der Waals surface area contributed by atoms with Gasteiger partial charge in [-0.2, -0.15) is 0 Å². The van der Waals surface area contributed by atoms with Gasteiger partial charge in [0.15, 0.2) is 0 Å². The van der Waals surface area contributed by atoms with Gasteiger partial charge in [-0.05, 0) is 47.1 Å². The second kappa shape index (κ2) is 4.70. The maximum absolute atomic E-state index is 3.77. The van der Waals surface area contributed by atoms with Crippen LogP contribution in [0.25, 0.3) is 11.1 Å². The third kappa shape index (κ3) is 1.82. The van der Waals surface area contributed by atoms with E-state index in [4.69, 9.17) is 0 Å². The summed E-state index contributed by atoms with van der Waals surface area (Å²) in [5.41, 5.74) is 6.38. The predicted molar refractivity (Wildman–Crippen MR) is 93.1 cm³/mol. The molecule has 22 heavy (non-hydrogen) atoms. The van der Waals surface area contributed by atoms with Crippen molar-refractivity contribution < 1.29 is 0 Å². The number of nitrogens with one attached hydrogen (secondary N) is 1. The van der Waals surface area contributed by atoms with Crippen LogP contribution >= 0.6 is 0 Å². The smallest absolute Gasteiger partial charge is 0.0167 e. The van der Waals surface area contributed by atoms with Crippen LogP contribution in [-0.2, 0) is 11.8 Å². The molecular weight excluding hydrogens is 266 g/mol. The Morgan fingerprint density at radius 3 is 2.50 bits per heavy atom. The molecule has 0 amide bonds. The van der Waals surface area contributed by atoms with Crippen LogP contribution in [0.15, 0.2) is 48.5 Å². The van der Waals surface area contributed by atoms with Gasteiger partial charge in [0.05, 0.1) is 0 Å². The number of benzene rings is 2. The molecule has 1 aliphatic heterocycles. The molecule has 1 heterocycles. The van der Waals surface area contributed by atoms with Crippen molar-refractivity contribution in [3.8, 4) is 11.1 Å². The van der Waals surface area contributed by atoms with Crippen LogP contribution in [0.4, 0.5) is 0 Å². The summed E-state index contributed by atoms with van der Waals surface area (Å²) in [5, 5.41) is 3.77. The summed E-state index contributed by atoms with van der Waals surface area (Å²) in [5.74, 6) is 0. The Kier molecular flexibility index (Phi) is 2.99. The quantitative estimate of drug-likeness (QED) is 0.812. The normalized spacial score (nSPS) is 29.0. The van der Waals surface area contributed by atoms with Gasteiger partial charge in [-0.1, -0.05) is 69.3 Å². The van der Waals surface area contributed by atoms with E-state index in [1.165, 1.54) is 17.5 Å². The van der Waals surface area contributed by atoms with Crippen LogP contribution in [0.5, 0.6) is 0 Å². The summed E-state index contributed by atoms with van der Waals surface area (Å²) in [7, 11) is 0. The Morgan fingerprint density at radius 1 is 0.955 bits per heavy atom. The molecule has 0 spiro atoms. The van der Waals surface area contributed by atoms with Crippen molar-refractivity contribution in [3.63, 3.8) is 0 Å². The molecule has 1 nitrogen and oxygen atoms in total. The first kappa shape index (κ1) is 14.0. The molecule has 0 aromatic heterocycles. The first-order chi connectivity index (χ1) is 10.5. The van der Waals surface area contributed by atoms with Gasteiger partial charge in [0.1, 0.15) is 0 Å². The van der Waals surface area contributed by atoms with Crippen molar-refractivity contribution in [2.24, 2.45) is 5.41 Å². The number of piperidine rings is 1. The largest absolute Gasteiger partial charge is 0.313 e. The molecule has 1 heteroatoms. The molecule has 0 saturated carbocycles. The average Bonchev–Trinajstić information content (AvgIpc) is 2.51. The van der Waals surface area contributed by atoms with E-state index >= 15 is 0 Å². The van der Waals surface area contributed by atoms with Gasteiger partial charge in [-0.25, -0.2) is 0 Å². The SMILES string of the molecule is CC12CCNC(Cc3cc(-c4ccccc4)ccc31)C2(C)C. The number of hydrogen-bond donors (Lipinski definition) is 1. The standard InChI is InChI=1S/C21H25N/c1-20(2)19-14-17-13-16(15-7-5-4-6-8-15)9-10-18(17)21(20,3)11-12-22-19/h4-10,13,19,22H,11-12,14H2,1-3H3. The number of rotatable bonds is 1. The van der Waals surface area contributed by atoms with Gasteiger partial charge >= 0.3 is 0 Å². The first-order valence-electron chi connectivity index (χ1n) is 8.44. The summed E-state index contributed by atoms with van der Waals surface area (Å²) < 4.78 is 0. The van der Waals surface area contributed by atoms with Gasteiger partial charge in [-0.15, -0.1) is 0 Å². The Morgan fingerprint density at radius 2 is 1.73 bits per heavy atom. The lowest BCUT2D eigenvalue weighted by molar-refractivity contribution is 0.0560. The highest BCUT2D eigenvalue weighted by Crippen LogP contribution is 2.53. The Labute approximate surface area is 133 Å². The van der Waals surface area contributed by atoms with E-state index in [2.05, 4.69) is 74.6 Å². The molecule has 2 bridgehead atoms. The van der Waals surface area contributed by atoms with Crippen molar-refractivity contribution in [1.82, 2.24) is 5.32 Å². The van der Waals surface area contributed by atoms with Crippen molar-refractivity contribution in [2.45, 2.75) is 45.1 Å². The molecule has 4 rings (SSSR count). The molecule has 1 aliphatic carbocycles. The van der Waals surface area contributed by atoms with Crippen LogP contribution in [0.1, 0.15) is 38.3 Å². The minimum absolute atomic E-state index is 0.283. The zero-order valence-electron chi connectivity index (χ0n) is 13.8.